The zero-order valence-electron chi connectivity index (χ0n) is 8.20. The predicted octanol–water partition coefficient (Wildman–Crippen LogP) is 2.73. The molecule has 0 amide bonds. The Labute approximate surface area is 82.4 Å². The molecule has 1 N–H and O–H groups in total. The maximum absolute atomic E-state index is 13.6. The monoisotopic (exact) mass is 196 g/mol. The lowest BCUT2D eigenvalue weighted by Gasteiger charge is -2.13. The van der Waals surface area contributed by atoms with Gasteiger partial charge in [-0.2, -0.15) is 0 Å². The molecule has 0 aromatic heterocycles. The second kappa shape index (κ2) is 4.22. The SMILES string of the molecule is Cc1cccc(C(F)C(C)C(=O)O)c1. The molecule has 0 saturated carbocycles. The Kier molecular flexibility index (Phi) is 3.23. The molecule has 2 atom stereocenters. The molecule has 1 rings (SSSR count). The molecule has 0 radical (unpaired) electrons. The number of aliphatic carboxylic acids is 1. The number of aryl methyl sites for hydroxylation is 1. The van der Waals surface area contributed by atoms with E-state index in [-0.39, 0.29) is 0 Å². The number of benzene rings is 1. The predicted molar refractivity (Wildman–Crippen MR) is 51.8 cm³/mol. The summed E-state index contributed by atoms with van der Waals surface area (Å²) in [5.74, 6) is -2.11. The number of carboxylic acids is 1. The minimum atomic E-state index is -1.44. The molecule has 0 aliphatic rings. The van der Waals surface area contributed by atoms with Crippen LogP contribution in [0.2, 0.25) is 0 Å². The largest absolute Gasteiger partial charge is 0.481 e. The first-order chi connectivity index (χ1) is 6.52. The summed E-state index contributed by atoms with van der Waals surface area (Å²) in [7, 11) is 0. The molecule has 3 heteroatoms. The minimum absolute atomic E-state index is 0.430. The maximum Gasteiger partial charge on any atom is 0.309 e. The van der Waals surface area contributed by atoms with E-state index in [0.717, 1.165) is 5.56 Å². The third-order valence-corrected chi connectivity index (χ3v) is 2.19. The fourth-order valence-corrected chi connectivity index (χ4v) is 1.26. The van der Waals surface area contributed by atoms with Crippen LogP contribution in [-0.4, -0.2) is 11.1 Å². The molecule has 0 saturated heterocycles. The number of hydrogen-bond donors (Lipinski definition) is 1. The Morgan fingerprint density at radius 2 is 2.14 bits per heavy atom. The molecule has 0 bridgehead atoms. The van der Waals surface area contributed by atoms with Gasteiger partial charge in [0.25, 0.3) is 0 Å². The number of halogens is 1. The van der Waals surface area contributed by atoms with E-state index in [0.29, 0.717) is 5.56 Å². The minimum Gasteiger partial charge on any atom is -0.481 e. The van der Waals surface area contributed by atoms with Gasteiger partial charge in [-0.25, -0.2) is 4.39 Å². The van der Waals surface area contributed by atoms with Crippen molar-refractivity contribution in [2.24, 2.45) is 5.92 Å². The van der Waals surface area contributed by atoms with Gasteiger partial charge in [-0.3, -0.25) is 4.79 Å². The first-order valence-corrected chi connectivity index (χ1v) is 4.46. The first-order valence-electron chi connectivity index (χ1n) is 4.46. The molecule has 1 aromatic rings. The van der Waals surface area contributed by atoms with Crippen LogP contribution >= 0.6 is 0 Å². The fraction of sp³-hybridized carbons (Fsp3) is 0.364. The number of carbonyl (C=O) groups is 1. The molecule has 2 unspecified atom stereocenters. The van der Waals surface area contributed by atoms with E-state index in [4.69, 9.17) is 5.11 Å². The van der Waals surface area contributed by atoms with Crippen molar-refractivity contribution in [3.8, 4) is 0 Å². The maximum atomic E-state index is 13.6. The Morgan fingerprint density at radius 1 is 1.50 bits per heavy atom. The number of carboxylic acid groups (broad SMARTS) is 1. The molecule has 0 heterocycles. The average molecular weight is 196 g/mol. The molecular formula is C11H13FO2. The highest BCUT2D eigenvalue weighted by atomic mass is 19.1. The van der Waals surface area contributed by atoms with Gasteiger partial charge < -0.3 is 5.11 Å². The van der Waals surface area contributed by atoms with Crippen molar-refractivity contribution in [2.45, 2.75) is 20.0 Å². The second-order valence-corrected chi connectivity index (χ2v) is 3.44. The van der Waals surface area contributed by atoms with Gasteiger partial charge in [-0.05, 0) is 19.4 Å². The van der Waals surface area contributed by atoms with Crippen LogP contribution in [0.15, 0.2) is 24.3 Å². The molecule has 0 aliphatic carbocycles. The summed E-state index contributed by atoms with van der Waals surface area (Å²) < 4.78 is 13.6. The Hall–Kier alpha value is -1.38. The van der Waals surface area contributed by atoms with Crippen LogP contribution in [0, 0.1) is 12.8 Å². The average Bonchev–Trinajstić information content (AvgIpc) is 2.15. The molecule has 76 valence electrons. The third kappa shape index (κ3) is 2.31. The fourth-order valence-electron chi connectivity index (χ4n) is 1.26. The smallest absolute Gasteiger partial charge is 0.309 e. The van der Waals surface area contributed by atoms with Gasteiger partial charge in [-0.1, -0.05) is 29.8 Å². The van der Waals surface area contributed by atoms with Crippen LogP contribution in [-0.2, 0) is 4.79 Å². The number of alkyl halides is 1. The summed E-state index contributed by atoms with van der Waals surface area (Å²) in [6.45, 7) is 3.22. The third-order valence-electron chi connectivity index (χ3n) is 2.19. The van der Waals surface area contributed by atoms with Gasteiger partial charge in [0.2, 0.25) is 0 Å². The van der Waals surface area contributed by atoms with Crippen molar-refractivity contribution >= 4 is 5.97 Å². The van der Waals surface area contributed by atoms with E-state index >= 15 is 0 Å². The Morgan fingerprint density at radius 3 is 2.64 bits per heavy atom. The molecule has 14 heavy (non-hydrogen) atoms. The van der Waals surface area contributed by atoms with Gasteiger partial charge in [0, 0.05) is 0 Å². The van der Waals surface area contributed by atoms with Crippen molar-refractivity contribution in [1.29, 1.82) is 0 Å². The molecule has 0 spiro atoms. The summed E-state index contributed by atoms with van der Waals surface area (Å²) in [5, 5.41) is 8.64. The zero-order chi connectivity index (χ0) is 10.7. The van der Waals surface area contributed by atoms with Crippen molar-refractivity contribution < 1.29 is 14.3 Å². The lowest BCUT2D eigenvalue weighted by atomic mass is 9.98. The quantitative estimate of drug-likeness (QED) is 0.807. The molecule has 2 nitrogen and oxygen atoms in total. The van der Waals surface area contributed by atoms with Crippen LogP contribution in [0.3, 0.4) is 0 Å². The molecule has 1 aromatic carbocycles. The van der Waals surface area contributed by atoms with Gasteiger partial charge >= 0.3 is 5.97 Å². The molecular weight excluding hydrogens is 183 g/mol. The Bertz CT molecular complexity index is 336. The van der Waals surface area contributed by atoms with Crippen LogP contribution in [0.1, 0.15) is 24.2 Å². The van der Waals surface area contributed by atoms with Gasteiger partial charge in [0.15, 0.2) is 0 Å². The number of rotatable bonds is 3. The molecule has 0 fully saturated rings. The lowest BCUT2D eigenvalue weighted by molar-refractivity contribution is -0.143. The first kappa shape index (κ1) is 10.7. The summed E-state index contributed by atoms with van der Waals surface area (Å²) in [5.41, 5.74) is 1.36. The highest BCUT2D eigenvalue weighted by Gasteiger charge is 2.24. The van der Waals surface area contributed by atoms with E-state index in [1.807, 2.05) is 13.0 Å². The zero-order valence-corrected chi connectivity index (χ0v) is 8.20. The highest BCUT2D eigenvalue weighted by molar-refractivity contribution is 5.70. The summed E-state index contributed by atoms with van der Waals surface area (Å²) in [4.78, 5) is 10.6. The summed E-state index contributed by atoms with van der Waals surface area (Å²) in [6.07, 6.45) is -1.44. The van der Waals surface area contributed by atoms with Crippen LogP contribution in [0.5, 0.6) is 0 Å². The summed E-state index contributed by atoms with van der Waals surface area (Å²) >= 11 is 0. The van der Waals surface area contributed by atoms with E-state index < -0.39 is 18.1 Å². The Balaban J connectivity index is 2.89. The van der Waals surface area contributed by atoms with Crippen LogP contribution in [0.4, 0.5) is 4.39 Å². The topological polar surface area (TPSA) is 37.3 Å². The van der Waals surface area contributed by atoms with Crippen molar-refractivity contribution in [1.82, 2.24) is 0 Å². The highest BCUT2D eigenvalue weighted by Crippen LogP contribution is 2.26. The van der Waals surface area contributed by atoms with E-state index in [9.17, 15) is 9.18 Å². The standard InChI is InChI=1S/C11H13FO2/c1-7-4-3-5-9(6-7)10(12)8(2)11(13)14/h3-6,8,10H,1-2H3,(H,13,14). The van der Waals surface area contributed by atoms with E-state index in [1.54, 1.807) is 18.2 Å². The van der Waals surface area contributed by atoms with Crippen molar-refractivity contribution in [3.05, 3.63) is 35.4 Å². The van der Waals surface area contributed by atoms with E-state index in [2.05, 4.69) is 0 Å². The lowest BCUT2D eigenvalue weighted by Crippen LogP contribution is -2.15. The van der Waals surface area contributed by atoms with Crippen LogP contribution < -0.4 is 0 Å². The van der Waals surface area contributed by atoms with Crippen molar-refractivity contribution in [3.63, 3.8) is 0 Å². The van der Waals surface area contributed by atoms with Crippen molar-refractivity contribution in [2.75, 3.05) is 0 Å². The molecule has 0 aliphatic heterocycles. The van der Waals surface area contributed by atoms with Gasteiger partial charge in [-0.15, -0.1) is 0 Å². The van der Waals surface area contributed by atoms with Crippen LogP contribution in [0.25, 0.3) is 0 Å². The van der Waals surface area contributed by atoms with Gasteiger partial charge in [0.1, 0.15) is 6.17 Å². The summed E-state index contributed by atoms with van der Waals surface area (Å²) in [6, 6.07) is 6.86. The normalized spacial score (nSPS) is 14.8. The van der Waals surface area contributed by atoms with E-state index in [1.165, 1.54) is 6.92 Å². The van der Waals surface area contributed by atoms with Gasteiger partial charge in [0.05, 0.1) is 5.92 Å². The number of hydrogen-bond acceptors (Lipinski definition) is 1. The second-order valence-electron chi connectivity index (χ2n) is 3.44.